The molecule has 2 unspecified atom stereocenters. The van der Waals surface area contributed by atoms with E-state index in [1.807, 2.05) is 18.2 Å². The maximum atomic E-state index is 11.5. The van der Waals surface area contributed by atoms with Crippen molar-refractivity contribution in [1.29, 1.82) is 0 Å². The highest BCUT2D eigenvalue weighted by molar-refractivity contribution is 7.12. The standard InChI is InChI=1S/C16H18N2O2S/c1-11-7-8-14(21-11)15(12-5-2-3-9-17-12)18-10-4-6-13(18)16(19)20/h2-3,5,7-9,13,15H,4,6,10H2,1H3,(H,19,20). The molecule has 110 valence electrons. The van der Waals surface area contributed by atoms with E-state index in [4.69, 9.17) is 0 Å². The van der Waals surface area contributed by atoms with Gasteiger partial charge in [-0.25, -0.2) is 0 Å². The van der Waals surface area contributed by atoms with Crippen molar-refractivity contribution in [2.45, 2.75) is 31.8 Å². The smallest absolute Gasteiger partial charge is 0.320 e. The van der Waals surface area contributed by atoms with Crippen LogP contribution in [0.15, 0.2) is 36.5 Å². The molecule has 2 aromatic rings. The van der Waals surface area contributed by atoms with E-state index >= 15 is 0 Å². The van der Waals surface area contributed by atoms with Crippen molar-refractivity contribution in [3.8, 4) is 0 Å². The second-order valence-electron chi connectivity index (χ2n) is 5.34. The van der Waals surface area contributed by atoms with Crippen LogP contribution in [0, 0.1) is 6.92 Å². The Labute approximate surface area is 128 Å². The number of hydrogen-bond donors (Lipinski definition) is 1. The van der Waals surface area contributed by atoms with E-state index in [1.54, 1.807) is 17.5 Å². The van der Waals surface area contributed by atoms with Crippen molar-refractivity contribution in [2.24, 2.45) is 0 Å². The van der Waals surface area contributed by atoms with Crippen molar-refractivity contribution in [3.05, 3.63) is 52.0 Å². The summed E-state index contributed by atoms with van der Waals surface area (Å²) in [5.41, 5.74) is 0.924. The highest BCUT2D eigenvalue weighted by Crippen LogP contribution is 2.36. The molecule has 1 saturated heterocycles. The van der Waals surface area contributed by atoms with E-state index in [0.717, 1.165) is 18.7 Å². The molecule has 0 amide bonds. The number of carbonyl (C=O) groups is 1. The summed E-state index contributed by atoms with van der Waals surface area (Å²) in [7, 11) is 0. The first-order chi connectivity index (χ1) is 10.2. The van der Waals surface area contributed by atoms with E-state index in [9.17, 15) is 9.90 Å². The van der Waals surface area contributed by atoms with E-state index in [2.05, 4.69) is 28.9 Å². The van der Waals surface area contributed by atoms with Gasteiger partial charge in [-0.1, -0.05) is 6.07 Å². The van der Waals surface area contributed by atoms with Gasteiger partial charge in [-0.3, -0.25) is 14.7 Å². The number of rotatable bonds is 4. The number of hydrogen-bond acceptors (Lipinski definition) is 4. The number of carboxylic acids is 1. The van der Waals surface area contributed by atoms with Crippen molar-refractivity contribution < 1.29 is 9.90 Å². The Bertz CT molecular complexity index is 626. The molecule has 1 aliphatic heterocycles. The SMILES string of the molecule is Cc1ccc(C(c2ccccn2)N2CCCC2C(=O)O)s1. The van der Waals surface area contributed by atoms with Crippen LogP contribution in [0.2, 0.25) is 0 Å². The monoisotopic (exact) mass is 302 g/mol. The van der Waals surface area contributed by atoms with Gasteiger partial charge in [-0.15, -0.1) is 11.3 Å². The number of carboxylic acid groups (broad SMARTS) is 1. The van der Waals surface area contributed by atoms with E-state index in [-0.39, 0.29) is 6.04 Å². The lowest BCUT2D eigenvalue weighted by Crippen LogP contribution is -2.39. The maximum Gasteiger partial charge on any atom is 0.320 e. The molecule has 21 heavy (non-hydrogen) atoms. The molecular formula is C16H18N2O2S. The van der Waals surface area contributed by atoms with Crippen LogP contribution in [0.1, 0.15) is 34.3 Å². The fraction of sp³-hybridized carbons (Fsp3) is 0.375. The van der Waals surface area contributed by atoms with Crippen LogP contribution in [0.25, 0.3) is 0 Å². The summed E-state index contributed by atoms with van der Waals surface area (Å²) in [4.78, 5) is 20.5. The fourth-order valence-corrected chi connectivity index (χ4v) is 3.99. The van der Waals surface area contributed by atoms with Gasteiger partial charge in [0.15, 0.2) is 0 Å². The Morgan fingerprint density at radius 1 is 1.43 bits per heavy atom. The second kappa shape index (κ2) is 5.95. The first-order valence-corrected chi connectivity index (χ1v) is 7.94. The van der Waals surface area contributed by atoms with Crippen molar-refractivity contribution in [3.63, 3.8) is 0 Å². The molecule has 0 aromatic carbocycles. The Morgan fingerprint density at radius 3 is 2.90 bits per heavy atom. The molecule has 0 saturated carbocycles. The van der Waals surface area contributed by atoms with Gasteiger partial charge in [-0.05, 0) is 44.0 Å². The Kier molecular flexibility index (Phi) is 4.03. The van der Waals surface area contributed by atoms with E-state index in [1.165, 1.54) is 9.75 Å². The molecule has 4 nitrogen and oxygen atoms in total. The largest absolute Gasteiger partial charge is 0.480 e. The zero-order valence-corrected chi connectivity index (χ0v) is 12.7. The summed E-state index contributed by atoms with van der Waals surface area (Å²) in [6, 6.07) is 9.53. The van der Waals surface area contributed by atoms with Crippen LogP contribution in [-0.2, 0) is 4.79 Å². The topological polar surface area (TPSA) is 53.4 Å². The van der Waals surface area contributed by atoms with Gasteiger partial charge in [0.2, 0.25) is 0 Å². The lowest BCUT2D eigenvalue weighted by Gasteiger charge is -2.30. The molecule has 5 heteroatoms. The molecule has 0 bridgehead atoms. The summed E-state index contributed by atoms with van der Waals surface area (Å²) in [5, 5.41) is 9.47. The number of likely N-dealkylation sites (tertiary alicyclic amines) is 1. The van der Waals surface area contributed by atoms with Gasteiger partial charge >= 0.3 is 5.97 Å². The molecule has 1 N–H and O–H groups in total. The van der Waals surface area contributed by atoms with Crippen LogP contribution in [0.5, 0.6) is 0 Å². The zero-order valence-electron chi connectivity index (χ0n) is 11.9. The first-order valence-electron chi connectivity index (χ1n) is 7.12. The average molecular weight is 302 g/mol. The molecule has 2 aromatic heterocycles. The van der Waals surface area contributed by atoms with Crippen LogP contribution in [0.3, 0.4) is 0 Å². The summed E-state index contributed by atoms with van der Waals surface area (Å²) in [5.74, 6) is -0.735. The van der Waals surface area contributed by atoms with Gasteiger partial charge < -0.3 is 5.11 Å². The third-order valence-corrected chi connectivity index (χ3v) is 4.96. The Hall–Kier alpha value is -1.72. The van der Waals surface area contributed by atoms with E-state index < -0.39 is 12.0 Å². The molecule has 1 aliphatic rings. The fourth-order valence-electron chi connectivity index (χ4n) is 2.98. The summed E-state index contributed by atoms with van der Waals surface area (Å²) in [6.07, 6.45) is 3.41. The summed E-state index contributed by atoms with van der Waals surface area (Å²) >= 11 is 1.72. The first kappa shape index (κ1) is 14.2. The number of aliphatic carboxylic acids is 1. The highest BCUT2D eigenvalue weighted by atomic mass is 32.1. The lowest BCUT2D eigenvalue weighted by molar-refractivity contribution is -0.142. The number of pyridine rings is 1. The normalized spacial score (nSPS) is 20.5. The second-order valence-corrected chi connectivity index (χ2v) is 6.66. The van der Waals surface area contributed by atoms with Crippen molar-refractivity contribution >= 4 is 17.3 Å². The van der Waals surface area contributed by atoms with E-state index in [0.29, 0.717) is 6.42 Å². The van der Waals surface area contributed by atoms with Gasteiger partial charge in [0.1, 0.15) is 6.04 Å². The van der Waals surface area contributed by atoms with Crippen LogP contribution >= 0.6 is 11.3 Å². The zero-order chi connectivity index (χ0) is 14.8. The van der Waals surface area contributed by atoms with Crippen LogP contribution in [0.4, 0.5) is 0 Å². The summed E-state index contributed by atoms with van der Waals surface area (Å²) in [6.45, 7) is 2.87. The quantitative estimate of drug-likeness (QED) is 0.943. The van der Waals surface area contributed by atoms with Crippen molar-refractivity contribution in [1.82, 2.24) is 9.88 Å². The van der Waals surface area contributed by atoms with Crippen LogP contribution in [-0.4, -0.2) is 33.5 Å². The highest BCUT2D eigenvalue weighted by Gasteiger charge is 2.37. The molecule has 0 radical (unpaired) electrons. The molecule has 3 rings (SSSR count). The average Bonchev–Trinajstić information content (AvgIpc) is 3.10. The minimum Gasteiger partial charge on any atom is -0.480 e. The molecule has 1 fully saturated rings. The molecule has 2 atom stereocenters. The summed E-state index contributed by atoms with van der Waals surface area (Å²) < 4.78 is 0. The number of aromatic nitrogens is 1. The predicted molar refractivity (Wildman–Crippen MR) is 82.5 cm³/mol. The molecule has 3 heterocycles. The number of aryl methyl sites for hydroxylation is 1. The number of nitrogens with zero attached hydrogens (tertiary/aromatic N) is 2. The van der Waals surface area contributed by atoms with Crippen molar-refractivity contribution in [2.75, 3.05) is 6.54 Å². The Morgan fingerprint density at radius 2 is 2.29 bits per heavy atom. The third-order valence-electron chi connectivity index (χ3n) is 3.91. The molecular weight excluding hydrogens is 284 g/mol. The minimum atomic E-state index is -0.735. The predicted octanol–water partition coefficient (Wildman–Crippen LogP) is 3.09. The maximum absolute atomic E-state index is 11.5. The molecule has 0 spiro atoms. The Balaban J connectivity index is 2.02. The van der Waals surface area contributed by atoms with Crippen LogP contribution < -0.4 is 0 Å². The third kappa shape index (κ3) is 2.84. The van der Waals surface area contributed by atoms with Gasteiger partial charge in [0.05, 0.1) is 11.7 Å². The van der Waals surface area contributed by atoms with Gasteiger partial charge in [0, 0.05) is 22.5 Å². The van der Waals surface area contributed by atoms with Gasteiger partial charge in [-0.2, -0.15) is 0 Å². The lowest BCUT2D eigenvalue weighted by atomic mass is 10.1. The minimum absolute atomic E-state index is 0.0616. The molecule has 0 aliphatic carbocycles. The van der Waals surface area contributed by atoms with Gasteiger partial charge in [0.25, 0.3) is 0 Å². The number of thiophene rings is 1.